The number of allylic oxidation sites excluding steroid dienone is 1. The van der Waals surface area contributed by atoms with Crippen molar-refractivity contribution in [2.45, 2.75) is 24.8 Å². The number of nitrogens with zero attached hydrogens (tertiary/aromatic N) is 1. The van der Waals surface area contributed by atoms with E-state index in [9.17, 15) is 9.59 Å². The van der Waals surface area contributed by atoms with Crippen molar-refractivity contribution in [2.24, 2.45) is 0 Å². The minimum atomic E-state index is -0.655. The zero-order valence-electron chi connectivity index (χ0n) is 20.7. The molecule has 1 N–H and O–H groups in total. The van der Waals surface area contributed by atoms with Crippen molar-refractivity contribution in [2.75, 3.05) is 17.3 Å². The van der Waals surface area contributed by atoms with E-state index in [0.717, 1.165) is 22.7 Å². The Balaban J connectivity index is 1.55. The van der Waals surface area contributed by atoms with Crippen LogP contribution in [0.1, 0.15) is 46.5 Å². The van der Waals surface area contributed by atoms with E-state index in [1.165, 1.54) is 0 Å². The number of methoxy groups -OCH3 is 1. The number of amides is 1. The molecule has 0 fully saturated rings. The maximum Gasteiger partial charge on any atom is 0.259 e. The molecule has 2 heterocycles. The number of anilines is 2. The topological polar surface area (TPSA) is 71.8 Å². The molecule has 6 nitrogen and oxygen atoms in total. The number of halogens is 1. The van der Waals surface area contributed by atoms with E-state index in [2.05, 4.69) is 5.32 Å². The van der Waals surface area contributed by atoms with Crippen molar-refractivity contribution in [3.8, 4) is 5.75 Å². The summed E-state index contributed by atoms with van der Waals surface area (Å²) in [5, 5.41) is 4.11. The molecule has 1 aliphatic heterocycles. The van der Waals surface area contributed by atoms with Gasteiger partial charge in [-0.1, -0.05) is 35.9 Å². The Morgan fingerprint density at radius 2 is 1.74 bits per heavy atom. The lowest BCUT2D eigenvalue weighted by Crippen LogP contribution is -2.38. The highest BCUT2D eigenvalue weighted by Crippen LogP contribution is 2.48. The van der Waals surface area contributed by atoms with E-state index in [1.54, 1.807) is 54.7 Å². The molecule has 0 unspecified atom stereocenters. The zero-order valence-corrected chi connectivity index (χ0v) is 21.4. The normalized spacial score (nSPS) is 18.8. The first kappa shape index (κ1) is 24.1. The number of hydrogen-bond acceptors (Lipinski definition) is 5. The highest BCUT2D eigenvalue weighted by atomic mass is 35.5. The fraction of sp³-hybridized carbons (Fsp3) is 0.161. The van der Waals surface area contributed by atoms with Crippen LogP contribution in [0.2, 0.25) is 5.02 Å². The minimum Gasteiger partial charge on any atom is -0.497 e. The second kappa shape index (κ2) is 9.88. The van der Waals surface area contributed by atoms with Crippen LogP contribution in [0.5, 0.6) is 5.75 Å². The molecule has 2 atom stereocenters. The van der Waals surface area contributed by atoms with Crippen LogP contribution >= 0.6 is 11.6 Å². The number of fused-ring (bicyclic) bond motifs is 1. The number of hydrogen-bond donors (Lipinski definition) is 1. The smallest absolute Gasteiger partial charge is 0.259 e. The number of Topliss-reactive ketones (excluding diaryl/α,β-unsaturated/α-hetero) is 1. The fourth-order valence-corrected chi connectivity index (χ4v) is 5.50. The summed E-state index contributed by atoms with van der Waals surface area (Å²) in [6.07, 6.45) is 2.50. The number of carbonyl (C=O) groups excluding carboxylic acids is 2. The molecule has 190 valence electrons. The molecule has 0 radical (unpaired) electrons. The summed E-state index contributed by atoms with van der Waals surface area (Å²) >= 11 is 6.24. The Hall–Kier alpha value is -4.29. The first-order valence-corrected chi connectivity index (χ1v) is 12.8. The quantitative estimate of drug-likeness (QED) is 0.307. The van der Waals surface area contributed by atoms with Crippen LogP contribution in [0, 0.1) is 0 Å². The van der Waals surface area contributed by atoms with E-state index < -0.39 is 6.04 Å². The largest absolute Gasteiger partial charge is 0.497 e. The van der Waals surface area contributed by atoms with Gasteiger partial charge in [-0.15, -0.1) is 0 Å². The fourth-order valence-electron chi connectivity index (χ4n) is 5.37. The number of benzene rings is 3. The Bertz CT molecular complexity index is 1530. The van der Waals surface area contributed by atoms with Gasteiger partial charge in [-0.25, -0.2) is 0 Å². The maximum absolute atomic E-state index is 14.3. The van der Waals surface area contributed by atoms with Gasteiger partial charge >= 0.3 is 0 Å². The summed E-state index contributed by atoms with van der Waals surface area (Å²) in [5.74, 6) is 1.09. The Labute approximate surface area is 225 Å². The van der Waals surface area contributed by atoms with Gasteiger partial charge in [0, 0.05) is 34.2 Å². The van der Waals surface area contributed by atoms with Gasteiger partial charge in [0.25, 0.3) is 5.91 Å². The van der Waals surface area contributed by atoms with Gasteiger partial charge in [0.2, 0.25) is 0 Å². The average molecular weight is 525 g/mol. The van der Waals surface area contributed by atoms with Crippen molar-refractivity contribution in [3.63, 3.8) is 0 Å². The molecule has 4 aromatic rings. The van der Waals surface area contributed by atoms with Crippen molar-refractivity contribution in [1.29, 1.82) is 0 Å². The molecule has 38 heavy (non-hydrogen) atoms. The third kappa shape index (κ3) is 4.27. The lowest BCUT2D eigenvalue weighted by molar-refractivity contribution is -0.116. The van der Waals surface area contributed by atoms with Crippen LogP contribution in [0.15, 0.2) is 107 Å². The second-order valence-electron chi connectivity index (χ2n) is 9.44. The molecule has 2 aliphatic rings. The van der Waals surface area contributed by atoms with Crippen molar-refractivity contribution >= 4 is 34.7 Å². The molecular weight excluding hydrogens is 500 g/mol. The van der Waals surface area contributed by atoms with Crippen LogP contribution in [-0.2, 0) is 4.79 Å². The number of ether oxygens (including phenoxy) is 1. The zero-order chi connectivity index (χ0) is 26.2. The summed E-state index contributed by atoms with van der Waals surface area (Å²) < 4.78 is 11.0. The van der Waals surface area contributed by atoms with Gasteiger partial charge in [0.15, 0.2) is 5.78 Å². The van der Waals surface area contributed by atoms with Crippen molar-refractivity contribution < 1.29 is 18.7 Å². The molecule has 3 aromatic carbocycles. The molecule has 7 heteroatoms. The van der Waals surface area contributed by atoms with Crippen LogP contribution < -0.4 is 15.0 Å². The molecule has 1 amide bonds. The summed E-state index contributed by atoms with van der Waals surface area (Å²) in [4.78, 5) is 30.0. The summed E-state index contributed by atoms with van der Waals surface area (Å²) in [7, 11) is 1.59. The lowest BCUT2D eigenvalue weighted by Gasteiger charge is -2.35. The maximum atomic E-state index is 14.3. The SMILES string of the molecule is COc1ccc(C(=O)N2c3ccccc3NC3=C(C(=O)C[C@H](c4ccco4)C3)[C@H]2c2ccc(Cl)cc2)cc1. The van der Waals surface area contributed by atoms with E-state index >= 15 is 0 Å². The average Bonchev–Trinajstić information content (AvgIpc) is 3.44. The number of furan rings is 1. The van der Waals surface area contributed by atoms with E-state index in [0.29, 0.717) is 40.4 Å². The first-order valence-electron chi connectivity index (χ1n) is 12.4. The van der Waals surface area contributed by atoms with Crippen molar-refractivity contribution in [3.05, 3.63) is 124 Å². The van der Waals surface area contributed by atoms with Crippen LogP contribution in [-0.4, -0.2) is 18.8 Å². The molecule has 6 rings (SSSR count). The predicted molar refractivity (Wildman–Crippen MR) is 147 cm³/mol. The highest BCUT2D eigenvalue weighted by molar-refractivity contribution is 6.30. The molecule has 0 bridgehead atoms. The van der Waals surface area contributed by atoms with Gasteiger partial charge in [-0.05, 0) is 72.6 Å². The first-order chi connectivity index (χ1) is 18.5. The number of ketones is 1. The van der Waals surface area contributed by atoms with E-state index in [-0.39, 0.29) is 17.6 Å². The minimum absolute atomic E-state index is 0.0274. The summed E-state index contributed by atoms with van der Waals surface area (Å²) in [5.41, 5.74) is 4.09. The van der Waals surface area contributed by atoms with E-state index in [1.807, 2.05) is 48.5 Å². The van der Waals surface area contributed by atoms with Gasteiger partial charge in [0.05, 0.1) is 30.8 Å². The molecule has 1 aromatic heterocycles. The summed E-state index contributed by atoms with van der Waals surface area (Å²) in [6.45, 7) is 0. The van der Waals surface area contributed by atoms with Gasteiger partial charge in [-0.2, -0.15) is 0 Å². The number of nitrogens with one attached hydrogen (secondary N) is 1. The third-order valence-electron chi connectivity index (χ3n) is 7.18. The monoisotopic (exact) mass is 524 g/mol. The standard InChI is InChI=1S/C31H25ClN2O4/c1-37-23-14-10-20(11-15-23)31(36)34-26-6-3-2-5-24(26)33-25-17-21(28-7-4-16-38-28)18-27(35)29(25)30(34)19-8-12-22(32)13-9-19/h2-16,21,30,33H,17-18H2,1H3/t21-,30-/m1/s1. The second-order valence-corrected chi connectivity index (χ2v) is 9.87. The van der Waals surface area contributed by atoms with Crippen molar-refractivity contribution in [1.82, 2.24) is 0 Å². The number of para-hydroxylation sites is 2. The van der Waals surface area contributed by atoms with Crippen LogP contribution in [0.3, 0.4) is 0 Å². The Kier molecular flexibility index (Phi) is 6.26. The van der Waals surface area contributed by atoms with E-state index in [4.69, 9.17) is 20.8 Å². The third-order valence-corrected chi connectivity index (χ3v) is 7.43. The highest BCUT2D eigenvalue weighted by Gasteiger charge is 2.42. The van der Waals surface area contributed by atoms with Gasteiger partial charge < -0.3 is 14.5 Å². The summed E-state index contributed by atoms with van der Waals surface area (Å²) in [6, 6.07) is 25.1. The molecule has 1 aliphatic carbocycles. The number of carbonyl (C=O) groups is 2. The Morgan fingerprint density at radius 3 is 2.45 bits per heavy atom. The molecular formula is C31H25ClN2O4. The van der Waals surface area contributed by atoms with Crippen LogP contribution in [0.4, 0.5) is 11.4 Å². The number of rotatable bonds is 4. The van der Waals surface area contributed by atoms with Crippen LogP contribution in [0.25, 0.3) is 0 Å². The lowest BCUT2D eigenvalue weighted by atomic mass is 9.80. The molecule has 0 saturated carbocycles. The molecule has 0 saturated heterocycles. The Morgan fingerprint density at radius 1 is 0.974 bits per heavy atom. The molecule has 0 spiro atoms. The predicted octanol–water partition coefficient (Wildman–Crippen LogP) is 7.16. The van der Waals surface area contributed by atoms with Gasteiger partial charge in [-0.3, -0.25) is 14.5 Å². The van der Waals surface area contributed by atoms with Gasteiger partial charge in [0.1, 0.15) is 11.5 Å².